The third-order valence-electron chi connectivity index (χ3n) is 4.01. The molecule has 2 N–H and O–H groups in total. The lowest BCUT2D eigenvalue weighted by atomic mass is 10.2. The van der Waals surface area contributed by atoms with E-state index in [4.69, 9.17) is 14.6 Å². The van der Waals surface area contributed by atoms with Crippen molar-refractivity contribution in [2.24, 2.45) is 0 Å². The number of amides is 1. The number of nitrogens with one attached hydrogen (secondary N) is 1. The van der Waals surface area contributed by atoms with Gasteiger partial charge in [-0.05, 0) is 43.2 Å². The van der Waals surface area contributed by atoms with Crippen LogP contribution in [0.5, 0.6) is 5.75 Å². The summed E-state index contributed by atoms with van der Waals surface area (Å²) >= 11 is 0. The van der Waals surface area contributed by atoms with Gasteiger partial charge in [-0.15, -0.1) is 0 Å². The number of benzene rings is 1. The molecule has 25 heavy (non-hydrogen) atoms. The molecule has 3 rings (SSSR count). The molecule has 0 radical (unpaired) electrons. The average Bonchev–Trinajstić information content (AvgIpc) is 3.29. The molecule has 132 valence electrons. The molecule has 1 fully saturated rings. The lowest BCUT2D eigenvalue weighted by Gasteiger charge is -2.11. The standard InChI is InChI=1S/C17H19N3O5/c1-24-13-4-2-12(3-5-13)20-9-8-11(19-20)10-18-16(21)14-6-7-15(25-14)17(22)23/h2-5,8-9,14-15H,6-7,10H2,1H3,(H,18,21)(H,22,23)/t14-,15+/m0/s1. The van der Waals surface area contributed by atoms with Crippen LogP contribution in [0.15, 0.2) is 36.5 Å². The summed E-state index contributed by atoms with van der Waals surface area (Å²) in [4.78, 5) is 22.9. The highest BCUT2D eigenvalue weighted by Crippen LogP contribution is 2.20. The number of carbonyl (C=O) groups is 2. The van der Waals surface area contributed by atoms with Crippen LogP contribution in [-0.2, 0) is 20.9 Å². The van der Waals surface area contributed by atoms with Crippen LogP contribution in [0.2, 0.25) is 0 Å². The number of aromatic nitrogens is 2. The lowest BCUT2D eigenvalue weighted by molar-refractivity contribution is -0.151. The maximum atomic E-state index is 12.1. The first-order valence-corrected chi connectivity index (χ1v) is 7.92. The molecular formula is C17H19N3O5. The fourth-order valence-electron chi connectivity index (χ4n) is 2.64. The molecule has 0 unspecified atom stereocenters. The molecular weight excluding hydrogens is 326 g/mol. The third-order valence-corrected chi connectivity index (χ3v) is 4.01. The highest BCUT2D eigenvalue weighted by atomic mass is 16.5. The molecule has 1 aromatic carbocycles. The highest BCUT2D eigenvalue weighted by molar-refractivity contribution is 5.82. The topological polar surface area (TPSA) is 103 Å². The Morgan fingerprint density at radius 1 is 1.28 bits per heavy atom. The summed E-state index contributed by atoms with van der Waals surface area (Å²) in [5, 5.41) is 16.0. The number of hydrogen-bond donors (Lipinski definition) is 2. The van der Waals surface area contributed by atoms with Crippen molar-refractivity contribution in [3.05, 3.63) is 42.2 Å². The molecule has 1 aliphatic rings. The number of hydrogen-bond acceptors (Lipinski definition) is 5. The minimum atomic E-state index is -1.03. The summed E-state index contributed by atoms with van der Waals surface area (Å²) < 4.78 is 12.0. The smallest absolute Gasteiger partial charge is 0.332 e. The van der Waals surface area contributed by atoms with Crippen molar-refractivity contribution >= 4 is 11.9 Å². The summed E-state index contributed by atoms with van der Waals surface area (Å²) in [5.41, 5.74) is 1.57. The molecule has 1 aliphatic heterocycles. The predicted molar refractivity (Wildman–Crippen MR) is 87.5 cm³/mol. The maximum Gasteiger partial charge on any atom is 0.332 e. The second-order valence-electron chi connectivity index (χ2n) is 5.70. The second-order valence-corrected chi connectivity index (χ2v) is 5.70. The highest BCUT2D eigenvalue weighted by Gasteiger charge is 2.34. The van der Waals surface area contributed by atoms with E-state index in [1.807, 2.05) is 24.3 Å². The zero-order valence-corrected chi connectivity index (χ0v) is 13.7. The molecule has 1 amide bonds. The van der Waals surface area contributed by atoms with Crippen LogP contribution in [0.25, 0.3) is 5.69 Å². The number of carboxylic acid groups (broad SMARTS) is 1. The van der Waals surface area contributed by atoms with Crippen LogP contribution in [0.3, 0.4) is 0 Å². The summed E-state index contributed by atoms with van der Waals surface area (Å²) in [6.07, 6.45) is 0.938. The Bertz CT molecular complexity index is 756. The van der Waals surface area contributed by atoms with E-state index in [0.29, 0.717) is 18.5 Å². The summed E-state index contributed by atoms with van der Waals surface area (Å²) in [7, 11) is 1.61. The third kappa shape index (κ3) is 3.97. The van der Waals surface area contributed by atoms with Crippen molar-refractivity contribution in [1.29, 1.82) is 0 Å². The van der Waals surface area contributed by atoms with Crippen LogP contribution >= 0.6 is 0 Å². The Morgan fingerprint density at radius 2 is 2.00 bits per heavy atom. The normalized spacial score (nSPS) is 19.6. The molecule has 1 aromatic heterocycles. The van der Waals surface area contributed by atoms with Gasteiger partial charge in [0, 0.05) is 6.20 Å². The van der Waals surface area contributed by atoms with Gasteiger partial charge in [-0.25, -0.2) is 9.48 Å². The summed E-state index contributed by atoms with van der Waals surface area (Å²) in [6.45, 7) is 0.250. The van der Waals surface area contributed by atoms with Crippen molar-refractivity contribution in [2.45, 2.75) is 31.6 Å². The van der Waals surface area contributed by atoms with Gasteiger partial charge in [0.15, 0.2) is 6.10 Å². The zero-order valence-electron chi connectivity index (χ0n) is 13.7. The molecule has 0 bridgehead atoms. The van der Waals surface area contributed by atoms with Gasteiger partial charge in [-0.1, -0.05) is 0 Å². The van der Waals surface area contributed by atoms with Crippen molar-refractivity contribution in [1.82, 2.24) is 15.1 Å². The van der Waals surface area contributed by atoms with E-state index in [1.165, 1.54) is 0 Å². The Hall–Kier alpha value is -2.87. The van der Waals surface area contributed by atoms with Crippen LogP contribution in [-0.4, -0.2) is 46.1 Å². The van der Waals surface area contributed by atoms with Gasteiger partial charge in [0.25, 0.3) is 0 Å². The van der Waals surface area contributed by atoms with E-state index < -0.39 is 18.2 Å². The van der Waals surface area contributed by atoms with Crippen molar-refractivity contribution in [3.8, 4) is 11.4 Å². The molecule has 2 aromatic rings. The average molecular weight is 345 g/mol. The number of rotatable bonds is 6. The van der Waals surface area contributed by atoms with Crippen LogP contribution < -0.4 is 10.1 Å². The van der Waals surface area contributed by atoms with Crippen LogP contribution in [0.1, 0.15) is 18.5 Å². The van der Waals surface area contributed by atoms with E-state index in [-0.39, 0.29) is 12.5 Å². The molecule has 0 spiro atoms. The summed E-state index contributed by atoms with van der Waals surface area (Å²) in [5.74, 6) is -0.587. The molecule has 0 aliphatic carbocycles. The molecule has 1 saturated heterocycles. The van der Waals surface area contributed by atoms with Gasteiger partial charge in [-0.3, -0.25) is 4.79 Å². The Labute approximate surface area is 144 Å². The quantitative estimate of drug-likeness (QED) is 0.814. The monoisotopic (exact) mass is 345 g/mol. The second kappa shape index (κ2) is 7.35. The Balaban J connectivity index is 1.55. The van der Waals surface area contributed by atoms with Crippen LogP contribution in [0, 0.1) is 0 Å². The van der Waals surface area contributed by atoms with Gasteiger partial charge in [0.05, 0.1) is 25.0 Å². The van der Waals surface area contributed by atoms with Gasteiger partial charge in [-0.2, -0.15) is 5.10 Å². The van der Waals surface area contributed by atoms with Crippen molar-refractivity contribution in [3.63, 3.8) is 0 Å². The van der Waals surface area contributed by atoms with Gasteiger partial charge in [0.2, 0.25) is 5.91 Å². The molecule has 8 nitrogen and oxygen atoms in total. The first-order chi connectivity index (χ1) is 12.1. The number of aliphatic carboxylic acids is 1. The SMILES string of the molecule is COc1ccc(-n2ccc(CNC(=O)[C@@H]3CC[C@H](C(=O)O)O3)n2)cc1. The maximum absolute atomic E-state index is 12.1. The molecule has 8 heteroatoms. The van der Waals surface area contributed by atoms with Gasteiger partial charge in [0.1, 0.15) is 11.9 Å². The van der Waals surface area contributed by atoms with E-state index in [2.05, 4.69) is 10.4 Å². The van der Waals surface area contributed by atoms with E-state index in [0.717, 1.165) is 11.4 Å². The number of methoxy groups -OCH3 is 1. The Kier molecular flexibility index (Phi) is 4.99. The van der Waals surface area contributed by atoms with Gasteiger partial charge >= 0.3 is 5.97 Å². The summed E-state index contributed by atoms with van der Waals surface area (Å²) in [6, 6.07) is 9.25. The first kappa shape index (κ1) is 17.0. The van der Waals surface area contributed by atoms with Crippen molar-refractivity contribution in [2.75, 3.05) is 7.11 Å². The Morgan fingerprint density at radius 3 is 2.64 bits per heavy atom. The number of nitrogens with zero attached hydrogens (tertiary/aromatic N) is 2. The number of carbonyl (C=O) groups excluding carboxylic acids is 1. The predicted octanol–water partition coefficient (Wildman–Crippen LogP) is 1.13. The van der Waals surface area contributed by atoms with E-state index in [9.17, 15) is 9.59 Å². The van der Waals surface area contributed by atoms with E-state index in [1.54, 1.807) is 24.1 Å². The van der Waals surface area contributed by atoms with Crippen molar-refractivity contribution < 1.29 is 24.2 Å². The fraction of sp³-hybridized carbons (Fsp3) is 0.353. The molecule has 0 saturated carbocycles. The minimum absolute atomic E-state index is 0.250. The fourth-order valence-corrected chi connectivity index (χ4v) is 2.64. The first-order valence-electron chi connectivity index (χ1n) is 7.92. The minimum Gasteiger partial charge on any atom is -0.497 e. The molecule has 2 atom stereocenters. The molecule has 2 heterocycles. The number of ether oxygens (including phenoxy) is 2. The number of carboxylic acids is 1. The van der Waals surface area contributed by atoms with E-state index >= 15 is 0 Å². The van der Waals surface area contributed by atoms with Crippen LogP contribution in [0.4, 0.5) is 0 Å². The largest absolute Gasteiger partial charge is 0.497 e. The lowest BCUT2D eigenvalue weighted by Crippen LogP contribution is -2.35. The van der Waals surface area contributed by atoms with Gasteiger partial charge < -0.3 is 19.9 Å². The zero-order chi connectivity index (χ0) is 17.8.